The maximum Gasteiger partial charge on any atom is 0.0739 e. The molecule has 18 heavy (non-hydrogen) atoms. The molecular weight excluding hydrogens is 290 g/mol. The highest BCUT2D eigenvalue weighted by Crippen LogP contribution is 2.30. The van der Waals surface area contributed by atoms with Gasteiger partial charge in [0.1, 0.15) is 0 Å². The highest BCUT2D eigenvalue weighted by atomic mass is 79.9. The lowest BCUT2D eigenvalue weighted by molar-refractivity contribution is 0.388. The topological polar surface area (TPSA) is 29.9 Å². The van der Waals surface area contributed by atoms with Crippen LogP contribution in [0.5, 0.6) is 0 Å². The largest absolute Gasteiger partial charge is 0.311 e. The zero-order chi connectivity index (χ0) is 13.1. The van der Waals surface area contributed by atoms with Crippen molar-refractivity contribution in [3.63, 3.8) is 0 Å². The quantitative estimate of drug-likeness (QED) is 0.901. The first-order valence-corrected chi connectivity index (χ1v) is 7.85. The molecule has 1 aliphatic rings. The van der Waals surface area contributed by atoms with Crippen molar-refractivity contribution >= 4 is 15.9 Å². The average Bonchev–Trinajstić information content (AvgIpc) is 2.87. The first kappa shape index (κ1) is 14.1. The summed E-state index contributed by atoms with van der Waals surface area (Å²) in [5.41, 5.74) is 2.36. The van der Waals surface area contributed by atoms with Crippen LogP contribution in [0.3, 0.4) is 0 Å². The van der Waals surface area contributed by atoms with E-state index in [1.54, 1.807) is 0 Å². The molecule has 1 N–H and O–H groups in total. The van der Waals surface area contributed by atoms with Gasteiger partial charge in [-0.3, -0.25) is 4.68 Å². The van der Waals surface area contributed by atoms with Gasteiger partial charge in [0.15, 0.2) is 0 Å². The van der Waals surface area contributed by atoms with Gasteiger partial charge in [-0.25, -0.2) is 0 Å². The molecule has 0 saturated heterocycles. The van der Waals surface area contributed by atoms with Crippen molar-refractivity contribution in [3.8, 4) is 0 Å². The molecule has 2 rings (SSSR count). The molecule has 2 atom stereocenters. The number of nitrogens with one attached hydrogen (secondary N) is 1. The first-order chi connectivity index (χ1) is 8.63. The van der Waals surface area contributed by atoms with Gasteiger partial charge in [0, 0.05) is 13.1 Å². The minimum atomic E-state index is 0.864. The third kappa shape index (κ3) is 2.97. The van der Waals surface area contributed by atoms with E-state index in [-0.39, 0.29) is 0 Å². The lowest BCUT2D eigenvalue weighted by atomic mass is 9.98. The number of aryl methyl sites for hydroxylation is 2. The predicted octanol–water partition coefficient (Wildman–Crippen LogP) is 3.50. The summed E-state index contributed by atoms with van der Waals surface area (Å²) in [4.78, 5) is 0. The minimum Gasteiger partial charge on any atom is -0.311 e. The van der Waals surface area contributed by atoms with Crippen molar-refractivity contribution in [2.24, 2.45) is 11.8 Å². The zero-order valence-electron chi connectivity index (χ0n) is 11.7. The summed E-state index contributed by atoms with van der Waals surface area (Å²) in [6.45, 7) is 9.57. The van der Waals surface area contributed by atoms with Gasteiger partial charge in [0.05, 0.1) is 15.9 Å². The Labute approximate surface area is 118 Å². The van der Waals surface area contributed by atoms with Crippen molar-refractivity contribution in [3.05, 3.63) is 15.9 Å². The number of rotatable bonds is 5. The van der Waals surface area contributed by atoms with Crippen molar-refractivity contribution in [1.82, 2.24) is 15.1 Å². The van der Waals surface area contributed by atoms with E-state index in [0.29, 0.717) is 0 Å². The minimum absolute atomic E-state index is 0.864. The highest BCUT2D eigenvalue weighted by Gasteiger charge is 2.23. The summed E-state index contributed by atoms with van der Waals surface area (Å²) < 4.78 is 3.25. The van der Waals surface area contributed by atoms with Crippen molar-refractivity contribution in [2.75, 3.05) is 6.54 Å². The van der Waals surface area contributed by atoms with Gasteiger partial charge < -0.3 is 5.32 Å². The van der Waals surface area contributed by atoms with Gasteiger partial charge in [-0.1, -0.05) is 19.8 Å². The van der Waals surface area contributed by atoms with Crippen molar-refractivity contribution in [2.45, 2.75) is 53.1 Å². The molecule has 0 amide bonds. The summed E-state index contributed by atoms with van der Waals surface area (Å²) in [6, 6.07) is 0. The molecular formula is C14H24BrN3. The Morgan fingerprint density at radius 2 is 2.22 bits per heavy atom. The van der Waals surface area contributed by atoms with Crippen LogP contribution in [0, 0.1) is 18.8 Å². The van der Waals surface area contributed by atoms with E-state index in [4.69, 9.17) is 0 Å². The molecule has 0 aromatic carbocycles. The highest BCUT2D eigenvalue weighted by molar-refractivity contribution is 9.10. The zero-order valence-corrected chi connectivity index (χ0v) is 13.3. The fraction of sp³-hybridized carbons (Fsp3) is 0.786. The van der Waals surface area contributed by atoms with E-state index in [1.807, 2.05) is 0 Å². The molecule has 102 valence electrons. The van der Waals surface area contributed by atoms with Crippen LogP contribution >= 0.6 is 15.9 Å². The number of nitrogens with zero attached hydrogens (tertiary/aromatic N) is 2. The Morgan fingerprint density at radius 1 is 1.44 bits per heavy atom. The molecule has 0 radical (unpaired) electrons. The number of hydrogen-bond donors (Lipinski definition) is 1. The third-order valence-electron chi connectivity index (χ3n) is 4.19. The molecule has 3 nitrogen and oxygen atoms in total. The Kier molecular flexibility index (Phi) is 4.84. The molecule has 1 fully saturated rings. The summed E-state index contributed by atoms with van der Waals surface area (Å²) in [5, 5.41) is 8.14. The second kappa shape index (κ2) is 6.20. The van der Waals surface area contributed by atoms with Crippen LogP contribution < -0.4 is 5.32 Å². The lowest BCUT2D eigenvalue weighted by Gasteiger charge is -2.16. The molecule has 1 aliphatic carbocycles. The second-order valence-corrected chi connectivity index (χ2v) is 6.25. The van der Waals surface area contributed by atoms with E-state index in [2.05, 4.69) is 51.8 Å². The van der Waals surface area contributed by atoms with E-state index in [1.165, 1.54) is 25.0 Å². The molecule has 0 aliphatic heterocycles. The Hall–Kier alpha value is -0.350. The van der Waals surface area contributed by atoms with Crippen LogP contribution in [0.2, 0.25) is 0 Å². The van der Waals surface area contributed by atoms with Crippen LogP contribution in [-0.2, 0) is 13.1 Å². The van der Waals surface area contributed by atoms with Crippen molar-refractivity contribution < 1.29 is 0 Å². The maximum absolute atomic E-state index is 4.52. The molecule has 0 spiro atoms. The fourth-order valence-electron chi connectivity index (χ4n) is 2.94. The predicted molar refractivity (Wildman–Crippen MR) is 78.5 cm³/mol. The third-order valence-corrected chi connectivity index (χ3v) is 5.22. The van der Waals surface area contributed by atoms with Crippen LogP contribution in [0.4, 0.5) is 0 Å². The van der Waals surface area contributed by atoms with Crippen LogP contribution in [0.15, 0.2) is 4.47 Å². The van der Waals surface area contributed by atoms with Gasteiger partial charge in [0.25, 0.3) is 0 Å². The first-order valence-electron chi connectivity index (χ1n) is 7.06. The van der Waals surface area contributed by atoms with Gasteiger partial charge in [-0.15, -0.1) is 0 Å². The average molecular weight is 314 g/mol. The molecule has 1 saturated carbocycles. The molecule has 2 unspecified atom stereocenters. The van der Waals surface area contributed by atoms with E-state index in [9.17, 15) is 0 Å². The molecule has 1 heterocycles. The van der Waals surface area contributed by atoms with Gasteiger partial charge >= 0.3 is 0 Å². The molecule has 0 bridgehead atoms. The fourth-order valence-corrected chi connectivity index (χ4v) is 3.36. The van der Waals surface area contributed by atoms with Crippen LogP contribution in [-0.4, -0.2) is 16.3 Å². The standard InChI is InChI=1S/C14H24BrN3/c1-4-18-13(14(15)11(3)17-18)9-16-8-12-7-5-6-10(12)2/h10,12,16H,4-9H2,1-3H3. The maximum atomic E-state index is 4.52. The van der Waals surface area contributed by atoms with Gasteiger partial charge in [-0.2, -0.15) is 5.10 Å². The van der Waals surface area contributed by atoms with Gasteiger partial charge in [-0.05, 0) is 54.6 Å². The summed E-state index contributed by atoms with van der Waals surface area (Å²) >= 11 is 3.64. The molecule has 1 aromatic heterocycles. The second-order valence-electron chi connectivity index (χ2n) is 5.46. The van der Waals surface area contributed by atoms with Gasteiger partial charge in [0.2, 0.25) is 0 Å². The van der Waals surface area contributed by atoms with Crippen molar-refractivity contribution in [1.29, 1.82) is 0 Å². The molecule has 4 heteroatoms. The van der Waals surface area contributed by atoms with E-state index >= 15 is 0 Å². The van der Waals surface area contributed by atoms with Crippen LogP contribution in [0.1, 0.15) is 44.5 Å². The van der Waals surface area contributed by atoms with E-state index < -0.39 is 0 Å². The normalized spacial score (nSPS) is 23.8. The lowest BCUT2D eigenvalue weighted by Crippen LogP contribution is -2.25. The monoisotopic (exact) mass is 313 g/mol. The summed E-state index contributed by atoms with van der Waals surface area (Å²) in [7, 11) is 0. The number of hydrogen-bond acceptors (Lipinski definition) is 2. The SMILES string of the molecule is CCn1nc(C)c(Br)c1CNCC1CCCC1C. The molecule has 1 aromatic rings. The number of aromatic nitrogens is 2. The Bertz CT molecular complexity index is 400. The van der Waals surface area contributed by atoms with Crippen LogP contribution in [0.25, 0.3) is 0 Å². The Morgan fingerprint density at radius 3 is 2.83 bits per heavy atom. The van der Waals surface area contributed by atoms with E-state index in [0.717, 1.165) is 41.6 Å². The smallest absolute Gasteiger partial charge is 0.0739 e. The summed E-state index contributed by atoms with van der Waals surface area (Å²) in [6.07, 6.45) is 4.20. The summed E-state index contributed by atoms with van der Waals surface area (Å²) in [5.74, 6) is 1.75. The Balaban J connectivity index is 1.90. The number of halogens is 1.